The average Bonchev–Trinajstić information content (AvgIpc) is 3.50. The number of hydrogen-bond acceptors (Lipinski definition) is 6. The quantitative estimate of drug-likeness (QED) is 0.0518. The van der Waals surface area contributed by atoms with Crippen LogP contribution in [0.2, 0.25) is 0 Å². The predicted molar refractivity (Wildman–Crippen MR) is 312 cm³/mol. The van der Waals surface area contributed by atoms with Crippen LogP contribution in [0, 0.1) is 39.3 Å². The third kappa shape index (κ3) is 15.0. The van der Waals surface area contributed by atoms with E-state index < -0.39 is 41.2 Å². The van der Waals surface area contributed by atoms with Crippen molar-refractivity contribution >= 4 is 24.1 Å². The first-order valence-electron chi connectivity index (χ1n) is 27.7. The van der Waals surface area contributed by atoms with Gasteiger partial charge in [0.1, 0.15) is 11.6 Å². The van der Waals surface area contributed by atoms with Gasteiger partial charge in [-0.1, -0.05) is 177 Å². The molecule has 0 fully saturated rings. The number of hydrogen-bond donors (Lipinski definition) is 2. The molecule has 78 heavy (non-hydrogen) atoms. The van der Waals surface area contributed by atoms with Crippen molar-refractivity contribution in [3.8, 4) is 22.3 Å². The maximum absolute atomic E-state index is 14.8. The molecule has 2 N–H and O–H groups in total. The normalized spacial score (nSPS) is 12.1. The number of carboxylic acid groups (broad SMARTS) is 1. The monoisotopic (exact) mass is 1070 g/mol. The van der Waals surface area contributed by atoms with Gasteiger partial charge in [0.25, 0.3) is 0 Å². The summed E-state index contributed by atoms with van der Waals surface area (Å²) in [6.07, 6.45) is 13.9. The van der Waals surface area contributed by atoms with Gasteiger partial charge in [-0.15, -0.1) is 0 Å². The molecular formula is C69H83F2NaO6. The second-order valence-electron chi connectivity index (χ2n) is 21.0. The van der Waals surface area contributed by atoms with Crippen LogP contribution >= 0.6 is 0 Å². The van der Waals surface area contributed by atoms with E-state index in [-0.39, 0.29) is 52.4 Å². The van der Waals surface area contributed by atoms with E-state index >= 15 is 0 Å². The molecule has 9 heteroatoms. The molecule has 6 aromatic carbocycles. The number of ether oxygens (including phenoxy) is 1. The van der Waals surface area contributed by atoms with E-state index in [9.17, 15) is 33.7 Å². The van der Waals surface area contributed by atoms with E-state index in [2.05, 4.69) is 120 Å². The van der Waals surface area contributed by atoms with E-state index in [1.165, 1.54) is 58.7 Å². The summed E-state index contributed by atoms with van der Waals surface area (Å²) in [5, 5.41) is 32.2. The van der Waals surface area contributed by atoms with Crippen LogP contribution in [-0.4, -0.2) is 40.5 Å². The first kappa shape index (κ1) is 65.0. The van der Waals surface area contributed by atoms with Crippen LogP contribution in [0.5, 0.6) is 0 Å². The molecule has 0 saturated heterocycles. The summed E-state index contributed by atoms with van der Waals surface area (Å²) < 4.78 is 34.0. The number of aliphatic hydroxyl groups is 2. The van der Waals surface area contributed by atoms with E-state index in [4.69, 9.17) is 0 Å². The third-order valence-electron chi connectivity index (χ3n) is 16.8. The minimum Gasteiger partial charge on any atom is -0.550 e. The number of aryl methyl sites for hydroxylation is 4. The molecule has 0 amide bonds. The number of carbonyl (C=O) groups excluding carboxylic acids is 2. The predicted octanol–water partition coefficient (Wildman–Crippen LogP) is 12.6. The van der Waals surface area contributed by atoms with Gasteiger partial charge in [-0.05, 0) is 180 Å². The number of halogens is 2. The Labute approximate surface area is 487 Å². The van der Waals surface area contributed by atoms with Crippen molar-refractivity contribution in [3.05, 3.63) is 200 Å². The van der Waals surface area contributed by atoms with Gasteiger partial charge in [0.2, 0.25) is 0 Å². The van der Waals surface area contributed by atoms with E-state index in [1.807, 2.05) is 71.1 Å². The number of carbonyl (C=O) groups is 2. The fraction of sp³-hybridized carbons (Fsp3) is 0.391. The Kier molecular flexibility index (Phi) is 23.8. The molecule has 0 atom stereocenters. The van der Waals surface area contributed by atoms with E-state index in [1.54, 1.807) is 12.1 Å². The molecule has 6 rings (SSSR count). The summed E-state index contributed by atoms with van der Waals surface area (Å²) in [6, 6.07) is 35.8. The Morgan fingerprint density at radius 3 is 1.10 bits per heavy atom. The first-order chi connectivity index (χ1) is 36.6. The van der Waals surface area contributed by atoms with Crippen molar-refractivity contribution in [1.29, 1.82) is 0 Å². The van der Waals surface area contributed by atoms with Crippen LogP contribution in [0.25, 0.3) is 34.4 Å². The molecular weight excluding hydrogens is 986 g/mol. The molecule has 0 saturated carbocycles. The number of benzene rings is 6. The van der Waals surface area contributed by atoms with Gasteiger partial charge in [0.15, 0.2) is 0 Å². The minimum absolute atomic E-state index is 0. The standard InChI is InChI=1S/C35H43FO3.C34H41FO3.Na/c1-8-34(38,9-2)19-18-26-14-15-29(20-24(26)5)35(10-3,11-4)30-16-17-31(25(6)21-30)27-12-13-28(32(36)22-27)23-33(37)39-7;1-7-33(38,8-2)18-17-25-13-14-28(19-23(25)5)34(9-3,10-4)29-15-16-30(24(6)20-29)26-11-12-27(22-32(36)37)31(35)21-26;/h12-22,38H,8-11,23H2,1-7H3;11-21,38H,7-10,22H2,1-6H3,(H,36,37);/q;;+1/p-1/b19-18+;18-17+;. The van der Waals surface area contributed by atoms with Gasteiger partial charge in [0, 0.05) is 23.2 Å². The van der Waals surface area contributed by atoms with Crippen LogP contribution in [-0.2, 0) is 38.0 Å². The number of carboxylic acids is 1. The smallest absolute Gasteiger partial charge is 0.550 e. The SMILES string of the molecule is CCC(O)(/C=C/c1ccc(C(CC)(CC)c2ccc(-c3ccc(CC(=O)OC)c(F)c3)c(C)c2)cc1C)CC.CCC(O)(/C=C/c1ccc(C(CC)(CC)c2ccc(-c3ccc(CC(=O)[O-])c(F)c3)c(C)c2)cc1C)CC.[Na+]. The Hall–Kier alpha value is -5.48. The fourth-order valence-corrected chi connectivity index (χ4v) is 10.9. The molecule has 0 spiro atoms. The number of esters is 1. The zero-order valence-corrected chi connectivity index (χ0v) is 51.1. The second kappa shape index (κ2) is 28.6. The van der Waals surface area contributed by atoms with Crippen LogP contribution in [0.1, 0.15) is 174 Å². The molecule has 0 bridgehead atoms. The van der Waals surface area contributed by atoms with Gasteiger partial charge in [-0.3, -0.25) is 4.79 Å². The first-order valence-corrected chi connectivity index (χ1v) is 27.7. The van der Waals surface area contributed by atoms with E-state index in [0.717, 1.165) is 70.2 Å². The van der Waals surface area contributed by atoms with Crippen molar-refractivity contribution in [3.63, 3.8) is 0 Å². The van der Waals surface area contributed by atoms with Crippen molar-refractivity contribution in [2.75, 3.05) is 7.11 Å². The summed E-state index contributed by atoms with van der Waals surface area (Å²) in [4.78, 5) is 22.5. The molecule has 410 valence electrons. The van der Waals surface area contributed by atoms with Gasteiger partial charge in [-0.2, -0.15) is 0 Å². The Bertz CT molecular complexity index is 3060. The number of rotatable bonds is 22. The molecule has 0 heterocycles. The topological polar surface area (TPSA) is 107 Å². The summed E-state index contributed by atoms with van der Waals surface area (Å²) in [5.74, 6) is -2.69. The van der Waals surface area contributed by atoms with Gasteiger partial charge >= 0.3 is 35.5 Å². The maximum atomic E-state index is 14.8. The minimum atomic E-state index is -1.30. The largest absolute Gasteiger partial charge is 1.00 e. The summed E-state index contributed by atoms with van der Waals surface area (Å²) in [6.45, 7) is 25.2. The van der Waals surface area contributed by atoms with Crippen LogP contribution in [0.3, 0.4) is 0 Å². The van der Waals surface area contributed by atoms with Gasteiger partial charge in [-0.25, -0.2) is 8.78 Å². The van der Waals surface area contributed by atoms with Gasteiger partial charge < -0.3 is 24.9 Å². The van der Waals surface area contributed by atoms with E-state index in [0.29, 0.717) is 31.2 Å². The molecule has 0 aliphatic carbocycles. The fourth-order valence-electron chi connectivity index (χ4n) is 10.9. The Morgan fingerprint density at radius 1 is 0.487 bits per heavy atom. The van der Waals surface area contributed by atoms with Crippen molar-refractivity contribution in [2.45, 2.75) is 169 Å². The zero-order valence-electron chi connectivity index (χ0n) is 49.1. The zero-order chi connectivity index (χ0) is 56.9. The van der Waals surface area contributed by atoms with Gasteiger partial charge in [0.05, 0.1) is 24.7 Å². The molecule has 6 nitrogen and oxygen atoms in total. The Morgan fingerprint density at radius 2 is 0.821 bits per heavy atom. The Balaban J connectivity index is 0.000000332. The number of methoxy groups -OCH3 is 1. The molecule has 0 aromatic heterocycles. The molecule has 0 radical (unpaired) electrons. The van der Waals surface area contributed by atoms with Crippen LogP contribution in [0.15, 0.2) is 121 Å². The molecule has 0 aliphatic heterocycles. The summed E-state index contributed by atoms with van der Waals surface area (Å²) in [5.41, 5.74) is 13.6. The average molecular weight is 1070 g/mol. The van der Waals surface area contributed by atoms with Crippen molar-refractivity contribution < 1.29 is 68.0 Å². The van der Waals surface area contributed by atoms with Crippen molar-refractivity contribution in [1.82, 2.24) is 0 Å². The van der Waals surface area contributed by atoms with Crippen LogP contribution in [0.4, 0.5) is 8.78 Å². The molecule has 0 aliphatic rings. The van der Waals surface area contributed by atoms with Crippen molar-refractivity contribution in [2.24, 2.45) is 0 Å². The summed E-state index contributed by atoms with van der Waals surface area (Å²) >= 11 is 0. The third-order valence-corrected chi connectivity index (χ3v) is 16.8. The molecule has 0 unspecified atom stereocenters. The number of aliphatic carboxylic acids is 1. The summed E-state index contributed by atoms with van der Waals surface area (Å²) in [7, 11) is 1.30. The molecule has 6 aromatic rings. The second-order valence-corrected chi connectivity index (χ2v) is 21.0. The van der Waals surface area contributed by atoms with Crippen LogP contribution < -0.4 is 34.7 Å². The maximum Gasteiger partial charge on any atom is 1.00 e.